The Hall–Kier alpha value is 0. The van der Waals surface area contributed by atoms with Crippen molar-refractivity contribution in [2.75, 3.05) is 0 Å². The van der Waals surface area contributed by atoms with Crippen LogP contribution in [0.2, 0.25) is 0 Å². The molecule has 10 heavy (non-hydrogen) atoms. The van der Waals surface area contributed by atoms with Gasteiger partial charge in [0.2, 0.25) is 0 Å². The standard InChI is InChI=1S/C10H18/c1-3-7-10(2)8-5-4-6-9-10/h1-9H2. The lowest BCUT2D eigenvalue weighted by atomic mass is 9.73. The summed E-state index contributed by atoms with van der Waals surface area (Å²) in [5.74, 6) is 0. The highest BCUT2D eigenvalue weighted by atomic mass is 14.3. The van der Waals surface area contributed by atoms with Gasteiger partial charge in [-0.2, -0.15) is 0 Å². The molecule has 0 atom stereocenters. The maximum absolute atomic E-state index is 4.28. The van der Waals surface area contributed by atoms with Gasteiger partial charge >= 0.3 is 0 Å². The van der Waals surface area contributed by atoms with Crippen molar-refractivity contribution in [3.63, 3.8) is 0 Å². The molecule has 0 saturated heterocycles. The largest absolute Gasteiger partial charge is 0.0533 e. The highest BCUT2D eigenvalue weighted by Crippen LogP contribution is 2.38. The highest BCUT2D eigenvalue weighted by molar-refractivity contribution is 4.84. The van der Waals surface area contributed by atoms with Crippen molar-refractivity contribution in [1.82, 2.24) is 0 Å². The Morgan fingerprint density at radius 1 is 1.10 bits per heavy atom. The third-order valence-electron chi connectivity index (χ3n) is 2.62. The second kappa shape index (κ2) is 3.41. The fourth-order valence-corrected chi connectivity index (χ4v) is 1.93. The van der Waals surface area contributed by atoms with Gasteiger partial charge in [-0.1, -0.05) is 32.6 Å². The average molecular weight is 138 g/mol. The van der Waals surface area contributed by atoms with Crippen molar-refractivity contribution in [3.05, 3.63) is 13.8 Å². The van der Waals surface area contributed by atoms with Crippen molar-refractivity contribution < 1.29 is 0 Å². The van der Waals surface area contributed by atoms with Gasteiger partial charge in [0.25, 0.3) is 0 Å². The molecule has 0 aliphatic heterocycles. The van der Waals surface area contributed by atoms with Crippen molar-refractivity contribution in [2.45, 2.75) is 44.9 Å². The van der Waals surface area contributed by atoms with E-state index in [1.54, 1.807) is 0 Å². The monoisotopic (exact) mass is 138 g/mol. The zero-order chi connectivity index (χ0) is 7.45. The molecule has 0 spiro atoms. The zero-order valence-electron chi connectivity index (χ0n) is 6.86. The van der Waals surface area contributed by atoms with E-state index in [0.29, 0.717) is 5.41 Å². The smallest absolute Gasteiger partial charge is 0.0297 e. The highest BCUT2D eigenvalue weighted by Gasteiger charge is 2.25. The molecule has 58 valence electrons. The lowest BCUT2D eigenvalue weighted by Gasteiger charge is -2.32. The van der Waals surface area contributed by atoms with E-state index in [1.165, 1.54) is 38.5 Å². The second-order valence-electron chi connectivity index (χ2n) is 3.66. The molecule has 1 fully saturated rings. The topological polar surface area (TPSA) is 0 Å². The van der Waals surface area contributed by atoms with Gasteiger partial charge in [-0.3, -0.25) is 0 Å². The van der Waals surface area contributed by atoms with Crippen LogP contribution in [0, 0.1) is 19.3 Å². The van der Waals surface area contributed by atoms with Crippen molar-refractivity contribution in [2.24, 2.45) is 5.41 Å². The Labute approximate surface area is 65.0 Å². The molecule has 1 saturated carbocycles. The second-order valence-corrected chi connectivity index (χ2v) is 3.66. The summed E-state index contributed by atoms with van der Waals surface area (Å²) in [7, 11) is 0. The molecule has 2 radical (unpaired) electrons. The maximum atomic E-state index is 4.28. The summed E-state index contributed by atoms with van der Waals surface area (Å²) in [4.78, 5) is 0. The van der Waals surface area contributed by atoms with Gasteiger partial charge in [0.1, 0.15) is 0 Å². The number of rotatable bonds is 2. The molecule has 0 aromatic carbocycles. The van der Waals surface area contributed by atoms with Gasteiger partial charge in [-0.25, -0.2) is 0 Å². The number of hydrogen-bond acceptors (Lipinski definition) is 0. The van der Waals surface area contributed by atoms with Gasteiger partial charge < -0.3 is 0 Å². The Morgan fingerprint density at radius 2 is 1.70 bits per heavy atom. The fraction of sp³-hybridized carbons (Fsp3) is 0.800. The van der Waals surface area contributed by atoms with Gasteiger partial charge in [-0.05, 0) is 31.6 Å². The molecule has 0 bridgehead atoms. The molecular weight excluding hydrogens is 120 g/mol. The summed E-state index contributed by atoms with van der Waals surface area (Å²) in [5, 5.41) is 0. The molecule has 0 nitrogen and oxygen atoms in total. The summed E-state index contributed by atoms with van der Waals surface area (Å²) in [5.41, 5.74) is 0.417. The first-order valence-electron chi connectivity index (χ1n) is 4.41. The van der Waals surface area contributed by atoms with E-state index in [4.69, 9.17) is 0 Å². The first kappa shape index (κ1) is 8.10. The Kier molecular flexibility index (Phi) is 2.76. The van der Waals surface area contributed by atoms with Crippen molar-refractivity contribution in [1.29, 1.82) is 0 Å². The lowest BCUT2D eigenvalue weighted by molar-refractivity contribution is 0.237. The van der Waals surface area contributed by atoms with Crippen LogP contribution in [0.5, 0.6) is 0 Å². The summed E-state index contributed by atoms with van der Waals surface area (Å²) >= 11 is 0. The van der Waals surface area contributed by atoms with Crippen LogP contribution in [0.1, 0.15) is 44.9 Å². The van der Waals surface area contributed by atoms with E-state index in [2.05, 4.69) is 13.8 Å². The van der Waals surface area contributed by atoms with Crippen LogP contribution in [0.3, 0.4) is 0 Å². The molecule has 1 aliphatic rings. The van der Waals surface area contributed by atoms with Crippen LogP contribution in [-0.4, -0.2) is 0 Å². The molecule has 0 aromatic rings. The normalized spacial score (nSPS) is 24.6. The molecular formula is C10H18. The van der Waals surface area contributed by atoms with Crippen LogP contribution < -0.4 is 0 Å². The van der Waals surface area contributed by atoms with Gasteiger partial charge in [0.15, 0.2) is 0 Å². The van der Waals surface area contributed by atoms with Crippen LogP contribution in [0.25, 0.3) is 0 Å². The molecule has 0 unspecified atom stereocenters. The van der Waals surface area contributed by atoms with E-state index >= 15 is 0 Å². The SMILES string of the molecule is [CH2]CCC1([CH2])CCCCC1. The minimum Gasteiger partial charge on any atom is -0.0533 e. The third-order valence-corrected chi connectivity index (χ3v) is 2.62. The Bertz CT molecular complexity index is 82.7. The van der Waals surface area contributed by atoms with E-state index in [9.17, 15) is 0 Å². The van der Waals surface area contributed by atoms with E-state index in [-0.39, 0.29) is 0 Å². The predicted octanol–water partition coefficient (Wildman–Crippen LogP) is 3.39. The summed E-state index contributed by atoms with van der Waals surface area (Å²) < 4.78 is 0. The maximum Gasteiger partial charge on any atom is -0.0297 e. The van der Waals surface area contributed by atoms with Crippen molar-refractivity contribution in [3.8, 4) is 0 Å². The summed E-state index contributed by atoms with van der Waals surface area (Å²) in [6.07, 6.45) is 9.17. The van der Waals surface area contributed by atoms with Crippen LogP contribution in [0.4, 0.5) is 0 Å². The van der Waals surface area contributed by atoms with Crippen molar-refractivity contribution >= 4 is 0 Å². The van der Waals surface area contributed by atoms with Gasteiger partial charge in [0, 0.05) is 0 Å². The minimum absolute atomic E-state index is 0.417. The van der Waals surface area contributed by atoms with E-state index < -0.39 is 0 Å². The molecule has 0 aromatic heterocycles. The lowest BCUT2D eigenvalue weighted by Crippen LogP contribution is -2.19. The van der Waals surface area contributed by atoms with Gasteiger partial charge in [0.05, 0.1) is 0 Å². The minimum atomic E-state index is 0.417. The Balaban J connectivity index is 2.32. The summed E-state index contributed by atoms with van der Waals surface area (Å²) in [6, 6.07) is 0. The molecule has 0 heterocycles. The predicted molar refractivity (Wildman–Crippen MR) is 45.5 cm³/mol. The van der Waals surface area contributed by atoms with Gasteiger partial charge in [-0.15, -0.1) is 0 Å². The molecule has 1 rings (SSSR count). The molecule has 0 heteroatoms. The molecule has 0 N–H and O–H groups in total. The van der Waals surface area contributed by atoms with E-state index in [0.717, 1.165) is 6.42 Å². The Morgan fingerprint density at radius 3 is 2.20 bits per heavy atom. The third kappa shape index (κ3) is 2.00. The van der Waals surface area contributed by atoms with Crippen LogP contribution in [0.15, 0.2) is 0 Å². The zero-order valence-corrected chi connectivity index (χ0v) is 6.86. The molecule has 1 aliphatic carbocycles. The average Bonchev–Trinajstić information content (AvgIpc) is 1.89. The van der Waals surface area contributed by atoms with Crippen LogP contribution in [-0.2, 0) is 0 Å². The van der Waals surface area contributed by atoms with E-state index in [1.807, 2.05) is 0 Å². The van der Waals surface area contributed by atoms with Crippen LogP contribution >= 0.6 is 0 Å². The summed E-state index contributed by atoms with van der Waals surface area (Å²) in [6.45, 7) is 8.16. The first-order valence-corrected chi connectivity index (χ1v) is 4.41. The first-order chi connectivity index (χ1) is 4.77. The molecule has 0 amide bonds. The quantitative estimate of drug-likeness (QED) is 0.548. The number of hydrogen-bond donors (Lipinski definition) is 0. The fourth-order valence-electron chi connectivity index (χ4n) is 1.93.